The fourth-order valence-electron chi connectivity index (χ4n) is 2.29. The smallest absolute Gasteiger partial charge is 0.123 e. The molecule has 0 saturated heterocycles. The summed E-state index contributed by atoms with van der Waals surface area (Å²) in [4.78, 5) is 6.94. The molecule has 0 N–H and O–H groups in total. The minimum absolute atomic E-state index is 0.796. The summed E-state index contributed by atoms with van der Waals surface area (Å²) in [7, 11) is 3.76. The number of anilines is 1. The average Bonchev–Trinajstić information content (AvgIpc) is 3.04. The second-order valence-corrected chi connectivity index (χ2v) is 5.93. The molecule has 1 aromatic heterocycles. The second-order valence-electron chi connectivity index (χ2n) is 5.07. The van der Waals surface area contributed by atoms with Crippen LogP contribution in [0, 0.1) is 0 Å². The number of nitrogens with zero attached hydrogens (tertiary/aromatic N) is 2. The van der Waals surface area contributed by atoms with Crippen molar-refractivity contribution >= 4 is 17.0 Å². The Morgan fingerprint density at radius 1 is 1.09 bits per heavy atom. The van der Waals surface area contributed by atoms with Crippen LogP contribution >= 0.6 is 11.3 Å². The van der Waals surface area contributed by atoms with E-state index >= 15 is 0 Å². The zero-order chi connectivity index (χ0) is 15.4. The molecule has 3 nitrogen and oxygen atoms in total. The van der Waals surface area contributed by atoms with Gasteiger partial charge in [-0.25, -0.2) is 4.98 Å². The van der Waals surface area contributed by atoms with Gasteiger partial charge in [0.15, 0.2) is 0 Å². The van der Waals surface area contributed by atoms with Crippen molar-refractivity contribution in [3.8, 4) is 16.3 Å². The van der Waals surface area contributed by atoms with Crippen molar-refractivity contribution < 1.29 is 4.74 Å². The van der Waals surface area contributed by atoms with Crippen LogP contribution in [-0.2, 0) is 6.54 Å². The summed E-state index contributed by atoms with van der Waals surface area (Å²) in [6, 6.07) is 18.4. The number of benzene rings is 2. The molecule has 22 heavy (non-hydrogen) atoms. The molecule has 4 heteroatoms. The average molecular weight is 310 g/mol. The Balaban J connectivity index is 1.76. The molecule has 0 atom stereocenters. The summed E-state index contributed by atoms with van der Waals surface area (Å²) >= 11 is 1.67. The number of thiazole rings is 1. The lowest BCUT2D eigenvalue weighted by Gasteiger charge is -2.17. The number of aromatic nitrogens is 1. The van der Waals surface area contributed by atoms with Crippen molar-refractivity contribution in [2.24, 2.45) is 0 Å². The Bertz CT molecular complexity index is 740. The lowest BCUT2D eigenvalue weighted by atomic mass is 10.2. The summed E-state index contributed by atoms with van der Waals surface area (Å²) in [6.45, 7) is 0.796. The maximum absolute atomic E-state index is 5.27. The fourth-order valence-corrected chi connectivity index (χ4v) is 3.09. The zero-order valence-electron chi connectivity index (χ0n) is 12.7. The van der Waals surface area contributed by atoms with E-state index in [1.165, 1.54) is 5.69 Å². The number of hydrogen-bond donors (Lipinski definition) is 0. The first kappa shape index (κ1) is 14.6. The molecule has 0 amide bonds. The molecule has 0 aliphatic carbocycles. The van der Waals surface area contributed by atoms with Gasteiger partial charge in [0.05, 0.1) is 19.3 Å². The normalized spacial score (nSPS) is 10.5. The van der Waals surface area contributed by atoms with Gasteiger partial charge >= 0.3 is 0 Å². The van der Waals surface area contributed by atoms with Crippen molar-refractivity contribution in [1.82, 2.24) is 4.98 Å². The zero-order valence-corrected chi connectivity index (χ0v) is 13.5. The summed E-state index contributed by atoms with van der Waals surface area (Å²) in [6.07, 6.45) is 0. The molecule has 2 aromatic carbocycles. The van der Waals surface area contributed by atoms with E-state index in [0.29, 0.717) is 0 Å². The van der Waals surface area contributed by atoms with E-state index in [-0.39, 0.29) is 0 Å². The molecular formula is C18H18N2OS. The molecule has 3 rings (SSSR count). The highest BCUT2D eigenvalue weighted by Gasteiger charge is 2.08. The SMILES string of the molecule is COc1cccc(-c2nc(CN(C)c3ccccc3)cs2)c1. The van der Waals surface area contributed by atoms with Crippen LogP contribution in [0.25, 0.3) is 10.6 Å². The van der Waals surface area contributed by atoms with Gasteiger partial charge in [0, 0.05) is 23.7 Å². The van der Waals surface area contributed by atoms with E-state index < -0.39 is 0 Å². The third kappa shape index (κ3) is 3.28. The van der Waals surface area contributed by atoms with Crippen molar-refractivity contribution in [2.45, 2.75) is 6.54 Å². The molecule has 0 saturated carbocycles. The first-order valence-corrected chi connectivity index (χ1v) is 7.99. The minimum atomic E-state index is 0.796. The van der Waals surface area contributed by atoms with Crippen molar-refractivity contribution in [1.29, 1.82) is 0 Å². The highest BCUT2D eigenvalue weighted by atomic mass is 32.1. The van der Waals surface area contributed by atoms with Crippen LogP contribution in [0.2, 0.25) is 0 Å². The third-order valence-corrected chi connectivity index (χ3v) is 4.40. The largest absolute Gasteiger partial charge is 0.497 e. The Labute approximate surface area is 134 Å². The van der Waals surface area contributed by atoms with E-state index in [4.69, 9.17) is 9.72 Å². The Morgan fingerprint density at radius 3 is 2.68 bits per heavy atom. The molecule has 0 fully saturated rings. The van der Waals surface area contributed by atoms with Crippen molar-refractivity contribution in [3.63, 3.8) is 0 Å². The lowest BCUT2D eigenvalue weighted by molar-refractivity contribution is 0.415. The summed E-state index contributed by atoms with van der Waals surface area (Å²) < 4.78 is 5.27. The third-order valence-electron chi connectivity index (χ3n) is 3.46. The predicted octanol–water partition coefficient (Wildman–Crippen LogP) is 4.46. The van der Waals surface area contributed by atoms with Gasteiger partial charge in [0.1, 0.15) is 10.8 Å². The molecule has 0 radical (unpaired) electrons. The first-order valence-electron chi connectivity index (χ1n) is 7.11. The van der Waals surface area contributed by atoms with E-state index in [1.54, 1.807) is 18.4 Å². The van der Waals surface area contributed by atoms with Gasteiger partial charge in [0.2, 0.25) is 0 Å². The summed E-state index contributed by atoms with van der Waals surface area (Å²) in [5.41, 5.74) is 3.37. The van der Waals surface area contributed by atoms with Gasteiger partial charge in [-0.3, -0.25) is 0 Å². The molecular weight excluding hydrogens is 292 g/mol. The minimum Gasteiger partial charge on any atom is -0.497 e. The van der Waals surface area contributed by atoms with E-state index in [2.05, 4.69) is 47.7 Å². The van der Waals surface area contributed by atoms with Crippen LogP contribution in [0.4, 0.5) is 5.69 Å². The van der Waals surface area contributed by atoms with E-state index in [1.807, 2.05) is 24.3 Å². The van der Waals surface area contributed by atoms with E-state index in [9.17, 15) is 0 Å². The van der Waals surface area contributed by atoms with Gasteiger partial charge < -0.3 is 9.64 Å². The van der Waals surface area contributed by atoms with Gasteiger partial charge in [0.25, 0.3) is 0 Å². The molecule has 0 aliphatic heterocycles. The van der Waals surface area contributed by atoms with Gasteiger partial charge in [-0.15, -0.1) is 11.3 Å². The van der Waals surface area contributed by atoms with Crippen LogP contribution in [-0.4, -0.2) is 19.1 Å². The van der Waals surface area contributed by atoms with Crippen molar-refractivity contribution in [3.05, 3.63) is 65.7 Å². The lowest BCUT2D eigenvalue weighted by Crippen LogP contribution is -2.16. The van der Waals surface area contributed by atoms with Gasteiger partial charge in [-0.05, 0) is 24.3 Å². The Kier molecular flexibility index (Phi) is 4.39. The number of ether oxygens (including phenoxy) is 1. The number of hydrogen-bond acceptors (Lipinski definition) is 4. The van der Waals surface area contributed by atoms with Crippen molar-refractivity contribution in [2.75, 3.05) is 19.1 Å². The first-order chi connectivity index (χ1) is 10.8. The van der Waals surface area contributed by atoms with Gasteiger partial charge in [-0.2, -0.15) is 0 Å². The fraction of sp³-hybridized carbons (Fsp3) is 0.167. The molecule has 0 bridgehead atoms. The second kappa shape index (κ2) is 6.62. The molecule has 0 unspecified atom stereocenters. The monoisotopic (exact) mass is 310 g/mol. The topological polar surface area (TPSA) is 25.4 Å². The van der Waals surface area contributed by atoms with Crippen LogP contribution in [0.3, 0.4) is 0 Å². The number of rotatable bonds is 5. The Morgan fingerprint density at radius 2 is 1.91 bits per heavy atom. The van der Waals surface area contributed by atoms with Crippen LogP contribution in [0.5, 0.6) is 5.75 Å². The van der Waals surface area contributed by atoms with Crippen LogP contribution in [0.15, 0.2) is 60.0 Å². The molecule has 0 spiro atoms. The molecule has 3 aromatic rings. The molecule has 1 heterocycles. The quantitative estimate of drug-likeness (QED) is 0.696. The molecule has 112 valence electrons. The summed E-state index contributed by atoms with van der Waals surface area (Å²) in [5, 5.41) is 3.14. The highest BCUT2D eigenvalue weighted by molar-refractivity contribution is 7.13. The maximum atomic E-state index is 5.27. The standard InChI is InChI=1S/C18H18N2OS/c1-20(16-8-4-3-5-9-16)12-15-13-22-18(19-15)14-7-6-10-17(11-14)21-2/h3-11,13H,12H2,1-2H3. The highest BCUT2D eigenvalue weighted by Crippen LogP contribution is 2.27. The van der Waals surface area contributed by atoms with Crippen LogP contribution < -0.4 is 9.64 Å². The van der Waals surface area contributed by atoms with Gasteiger partial charge in [-0.1, -0.05) is 30.3 Å². The molecule has 0 aliphatic rings. The Hall–Kier alpha value is -2.33. The maximum Gasteiger partial charge on any atom is 0.123 e. The number of methoxy groups -OCH3 is 1. The number of para-hydroxylation sites is 1. The predicted molar refractivity (Wildman–Crippen MR) is 92.7 cm³/mol. The van der Waals surface area contributed by atoms with Crippen LogP contribution in [0.1, 0.15) is 5.69 Å². The van der Waals surface area contributed by atoms with E-state index in [0.717, 1.165) is 28.6 Å². The summed E-state index contributed by atoms with van der Waals surface area (Å²) in [5.74, 6) is 0.857.